The van der Waals surface area contributed by atoms with Crippen LogP contribution in [0.15, 0.2) is 24.3 Å². The third-order valence-corrected chi connectivity index (χ3v) is 11.0. The van der Waals surface area contributed by atoms with Crippen LogP contribution < -0.4 is 0 Å². The Hall–Kier alpha value is -2.11. The monoisotopic (exact) mass is 803 g/mol. The fourth-order valence-electron chi connectivity index (χ4n) is 7.18. The summed E-state index contributed by atoms with van der Waals surface area (Å²) in [6.45, 7) is 6.60. The summed E-state index contributed by atoms with van der Waals surface area (Å²) in [5, 5.41) is 0. The molecular formula is C51H94O6. The number of rotatable bonds is 45. The topological polar surface area (TPSA) is 78.9 Å². The van der Waals surface area contributed by atoms with Crippen LogP contribution in [0.25, 0.3) is 0 Å². The van der Waals surface area contributed by atoms with Gasteiger partial charge in [0, 0.05) is 19.3 Å². The van der Waals surface area contributed by atoms with Gasteiger partial charge in [-0.2, -0.15) is 0 Å². The summed E-state index contributed by atoms with van der Waals surface area (Å²) in [5.41, 5.74) is 0. The molecule has 0 rings (SSSR count). The van der Waals surface area contributed by atoms with Crippen LogP contribution in [0, 0.1) is 0 Å². The molecule has 0 aliphatic heterocycles. The van der Waals surface area contributed by atoms with Crippen LogP contribution in [0.5, 0.6) is 0 Å². The molecule has 0 saturated heterocycles. The number of ether oxygens (including phenoxy) is 3. The molecule has 1 atom stereocenters. The molecule has 0 N–H and O–H groups in total. The number of allylic oxidation sites excluding steroid dienone is 4. The van der Waals surface area contributed by atoms with Crippen molar-refractivity contribution in [1.82, 2.24) is 0 Å². The number of hydrogen-bond donors (Lipinski definition) is 0. The third-order valence-electron chi connectivity index (χ3n) is 11.0. The highest BCUT2D eigenvalue weighted by atomic mass is 16.6. The molecule has 0 aromatic rings. The van der Waals surface area contributed by atoms with Crippen molar-refractivity contribution in [3.8, 4) is 0 Å². The normalized spacial score (nSPS) is 12.1. The molecule has 0 radical (unpaired) electrons. The van der Waals surface area contributed by atoms with Crippen molar-refractivity contribution >= 4 is 17.9 Å². The second-order valence-electron chi connectivity index (χ2n) is 16.7. The van der Waals surface area contributed by atoms with Crippen molar-refractivity contribution in [2.24, 2.45) is 0 Å². The van der Waals surface area contributed by atoms with Gasteiger partial charge in [-0.3, -0.25) is 14.4 Å². The van der Waals surface area contributed by atoms with Crippen LogP contribution >= 0.6 is 0 Å². The van der Waals surface area contributed by atoms with Crippen LogP contribution in [-0.4, -0.2) is 37.2 Å². The zero-order chi connectivity index (χ0) is 41.5. The van der Waals surface area contributed by atoms with E-state index >= 15 is 0 Å². The Morgan fingerprint density at radius 2 is 0.632 bits per heavy atom. The molecule has 0 amide bonds. The predicted molar refractivity (Wildman–Crippen MR) is 243 cm³/mol. The van der Waals surface area contributed by atoms with Gasteiger partial charge in [0.25, 0.3) is 0 Å². The molecule has 0 spiro atoms. The minimum Gasteiger partial charge on any atom is -0.462 e. The van der Waals surface area contributed by atoms with Crippen molar-refractivity contribution in [2.45, 2.75) is 271 Å². The van der Waals surface area contributed by atoms with Crippen molar-refractivity contribution in [1.29, 1.82) is 0 Å². The number of hydrogen-bond acceptors (Lipinski definition) is 6. The SMILES string of the molecule is CCCCCCC/C=C\C/C=C\CCCCCCCCCCCC(=O)OCC(COC(=O)CCCCCCCCCC)OC(=O)CCCCCCCCCCCC. The molecule has 334 valence electrons. The highest BCUT2D eigenvalue weighted by molar-refractivity contribution is 5.71. The van der Waals surface area contributed by atoms with Crippen LogP contribution in [0.3, 0.4) is 0 Å². The number of carbonyl (C=O) groups is 3. The highest BCUT2D eigenvalue weighted by Gasteiger charge is 2.19. The summed E-state index contributed by atoms with van der Waals surface area (Å²) in [6, 6.07) is 0. The van der Waals surface area contributed by atoms with Crippen LogP contribution in [0.4, 0.5) is 0 Å². The van der Waals surface area contributed by atoms with Gasteiger partial charge in [-0.25, -0.2) is 0 Å². The van der Waals surface area contributed by atoms with Crippen LogP contribution in [0.1, 0.15) is 265 Å². The van der Waals surface area contributed by atoms with Gasteiger partial charge >= 0.3 is 17.9 Å². The molecule has 0 aromatic heterocycles. The Morgan fingerprint density at radius 1 is 0.351 bits per heavy atom. The van der Waals surface area contributed by atoms with E-state index in [-0.39, 0.29) is 31.1 Å². The van der Waals surface area contributed by atoms with Crippen molar-refractivity contribution in [3.63, 3.8) is 0 Å². The van der Waals surface area contributed by atoms with Crippen molar-refractivity contribution in [2.75, 3.05) is 13.2 Å². The Bertz CT molecular complexity index is 927. The van der Waals surface area contributed by atoms with Crippen LogP contribution in [0.2, 0.25) is 0 Å². The summed E-state index contributed by atoms with van der Waals surface area (Å²) in [7, 11) is 0. The minimum absolute atomic E-state index is 0.0689. The maximum atomic E-state index is 12.7. The van der Waals surface area contributed by atoms with Gasteiger partial charge in [-0.05, 0) is 51.4 Å². The molecule has 6 nitrogen and oxygen atoms in total. The molecule has 0 saturated carbocycles. The van der Waals surface area contributed by atoms with E-state index in [0.717, 1.165) is 64.2 Å². The zero-order valence-electron chi connectivity index (χ0n) is 38.1. The molecule has 1 unspecified atom stereocenters. The maximum absolute atomic E-state index is 12.7. The fraction of sp³-hybridized carbons (Fsp3) is 0.863. The van der Waals surface area contributed by atoms with Gasteiger partial charge in [0.15, 0.2) is 6.10 Å². The van der Waals surface area contributed by atoms with Gasteiger partial charge in [-0.1, -0.05) is 218 Å². The number of unbranched alkanes of at least 4 members (excludes halogenated alkanes) is 30. The van der Waals surface area contributed by atoms with E-state index < -0.39 is 6.10 Å². The first kappa shape index (κ1) is 54.9. The first-order valence-electron chi connectivity index (χ1n) is 24.8. The Morgan fingerprint density at radius 3 is 0.965 bits per heavy atom. The molecule has 57 heavy (non-hydrogen) atoms. The minimum atomic E-state index is -0.764. The summed E-state index contributed by atoms with van der Waals surface area (Å²) in [5.74, 6) is -0.870. The largest absolute Gasteiger partial charge is 0.462 e. The first-order chi connectivity index (χ1) is 28.0. The van der Waals surface area contributed by atoms with E-state index in [4.69, 9.17) is 14.2 Å². The molecular weight excluding hydrogens is 709 g/mol. The molecule has 0 heterocycles. The molecule has 0 aliphatic carbocycles. The first-order valence-corrected chi connectivity index (χ1v) is 24.8. The molecule has 6 heteroatoms. The highest BCUT2D eigenvalue weighted by Crippen LogP contribution is 2.15. The summed E-state index contributed by atoms with van der Waals surface area (Å²) in [6.07, 6.45) is 51.7. The summed E-state index contributed by atoms with van der Waals surface area (Å²) >= 11 is 0. The lowest BCUT2D eigenvalue weighted by molar-refractivity contribution is -0.167. The lowest BCUT2D eigenvalue weighted by Crippen LogP contribution is -2.30. The van der Waals surface area contributed by atoms with Gasteiger partial charge < -0.3 is 14.2 Å². The molecule has 0 fully saturated rings. The predicted octanol–water partition coefficient (Wildman–Crippen LogP) is 16.0. The van der Waals surface area contributed by atoms with Crippen molar-refractivity contribution < 1.29 is 28.6 Å². The van der Waals surface area contributed by atoms with E-state index in [1.807, 2.05) is 0 Å². The average molecular weight is 803 g/mol. The van der Waals surface area contributed by atoms with E-state index in [1.165, 1.54) is 161 Å². The number of esters is 3. The number of carbonyl (C=O) groups excluding carboxylic acids is 3. The second-order valence-corrected chi connectivity index (χ2v) is 16.7. The smallest absolute Gasteiger partial charge is 0.306 e. The second kappa shape index (κ2) is 46.6. The lowest BCUT2D eigenvalue weighted by atomic mass is 10.1. The van der Waals surface area contributed by atoms with Gasteiger partial charge in [0.1, 0.15) is 13.2 Å². The Labute approximate surface area is 353 Å². The third kappa shape index (κ3) is 44.8. The molecule has 0 aromatic carbocycles. The van der Waals surface area contributed by atoms with E-state index in [1.54, 1.807) is 0 Å². The van der Waals surface area contributed by atoms with Crippen molar-refractivity contribution in [3.05, 3.63) is 24.3 Å². The lowest BCUT2D eigenvalue weighted by Gasteiger charge is -2.18. The standard InChI is InChI=1S/C51H94O6/c1-4-7-10-13-16-19-21-22-23-24-25-26-27-28-29-30-31-33-35-38-41-44-50(53)56-47-48(46-55-49(52)43-40-37-34-18-15-12-9-6-3)57-51(54)45-42-39-36-32-20-17-14-11-8-5-2/h21-22,24-25,48H,4-20,23,26-47H2,1-3H3/b22-21-,25-24-. The van der Waals surface area contributed by atoms with E-state index in [9.17, 15) is 14.4 Å². The van der Waals surface area contributed by atoms with Gasteiger partial charge in [-0.15, -0.1) is 0 Å². The van der Waals surface area contributed by atoms with E-state index in [2.05, 4.69) is 45.1 Å². The Balaban J connectivity index is 4.18. The quantitative estimate of drug-likeness (QED) is 0.0264. The molecule has 0 aliphatic rings. The van der Waals surface area contributed by atoms with Gasteiger partial charge in [0.2, 0.25) is 0 Å². The fourth-order valence-corrected chi connectivity index (χ4v) is 7.18. The zero-order valence-corrected chi connectivity index (χ0v) is 38.1. The maximum Gasteiger partial charge on any atom is 0.306 e. The van der Waals surface area contributed by atoms with Gasteiger partial charge in [0.05, 0.1) is 0 Å². The summed E-state index contributed by atoms with van der Waals surface area (Å²) < 4.78 is 16.7. The van der Waals surface area contributed by atoms with Crippen LogP contribution in [-0.2, 0) is 28.6 Å². The average Bonchev–Trinajstić information content (AvgIpc) is 3.21. The molecule has 0 bridgehead atoms. The Kier molecular flexibility index (Phi) is 44.9. The van der Waals surface area contributed by atoms with E-state index in [0.29, 0.717) is 19.3 Å². The summed E-state index contributed by atoms with van der Waals surface area (Å²) in [4.78, 5) is 37.7.